The van der Waals surface area contributed by atoms with E-state index in [1.807, 2.05) is 18.5 Å². The summed E-state index contributed by atoms with van der Waals surface area (Å²) in [6.07, 6.45) is 6.77. The van der Waals surface area contributed by atoms with Crippen molar-refractivity contribution in [1.29, 1.82) is 0 Å². The van der Waals surface area contributed by atoms with Gasteiger partial charge in [-0.25, -0.2) is 4.98 Å². The molecule has 3 rings (SSSR count). The lowest BCUT2D eigenvalue weighted by atomic mass is 10.1. The molecule has 1 saturated heterocycles. The number of hydrogen-bond acceptors (Lipinski definition) is 3. The summed E-state index contributed by atoms with van der Waals surface area (Å²) in [5, 5.41) is 0. The topological polar surface area (TPSA) is 39.9 Å². The highest BCUT2D eigenvalue weighted by Gasteiger charge is 2.17. The normalized spacial score (nSPS) is 19.3. The minimum Gasteiger partial charge on any atom is -0.381 e. The summed E-state index contributed by atoms with van der Waals surface area (Å²) in [4.78, 5) is 8.77. The van der Waals surface area contributed by atoms with Crippen LogP contribution in [0.1, 0.15) is 18.7 Å². The van der Waals surface area contributed by atoms with Crippen LogP contribution < -0.4 is 0 Å². The summed E-state index contributed by atoms with van der Waals surface area (Å²) >= 11 is 5.87. The largest absolute Gasteiger partial charge is 0.381 e. The monoisotopic (exact) mass is 279 g/mol. The van der Waals surface area contributed by atoms with Gasteiger partial charge in [-0.3, -0.25) is 4.98 Å². The number of imidazole rings is 1. The molecule has 19 heavy (non-hydrogen) atoms. The third kappa shape index (κ3) is 2.74. The molecule has 1 unspecified atom stereocenters. The third-order valence-electron chi connectivity index (χ3n) is 3.73. The third-order valence-corrected chi connectivity index (χ3v) is 3.92. The lowest BCUT2D eigenvalue weighted by molar-refractivity contribution is 0.183. The number of aryl methyl sites for hydroxylation is 2. The molecule has 0 saturated carbocycles. The molecule has 102 valence electrons. The van der Waals surface area contributed by atoms with E-state index in [-0.39, 0.29) is 0 Å². The molecule has 0 aliphatic carbocycles. The Hall–Kier alpha value is -1.13. The molecule has 1 fully saturated rings. The summed E-state index contributed by atoms with van der Waals surface area (Å²) in [7, 11) is 0. The maximum absolute atomic E-state index is 5.87. The van der Waals surface area contributed by atoms with Gasteiger partial charge in [0, 0.05) is 38.3 Å². The predicted octanol–water partition coefficient (Wildman–Crippen LogP) is 2.64. The summed E-state index contributed by atoms with van der Waals surface area (Å²) in [6.45, 7) is 2.80. The first-order valence-corrected chi connectivity index (χ1v) is 7.35. The fraction of sp³-hybridized carbons (Fsp3) is 0.571. The average Bonchev–Trinajstić information content (AvgIpc) is 3.04. The van der Waals surface area contributed by atoms with E-state index in [0.29, 0.717) is 11.8 Å². The fourth-order valence-electron chi connectivity index (χ4n) is 2.68. The lowest BCUT2D eigenvalue weighted by Gasteiger charge is -2.11. The first kappa shape index (κ1) is 12.9. The Morgan fingerprint density at radius 2 is 2.42 bits per heavy atom. The molecule has 0 aromatic carbocycles. The van der Waals surface area contributed by atoms with Crippen LogP contribution in [0.2, 0.25) is 0 Å². The van der Waals surface area contributed by atoms with Crippen LogP contribution in [-0.4, -0.2) is 33.6 Å². The minimum atomic E-state index is 0.600. The fourth-order valence-corrected chi connectivity index (χ4v) is 2.85. The van der Waals surface area contributed by atoms with Gasteiger partial charge >= 0.3 is 0 Å². The molecule has 1 aliphatic rings. The van der Waals surface area contributed by atoms with Gasteiger partial charge in [0.1, 0.15) is 11.3 Å². The SMILES string of the molecule is ClCCc1nc2cnccc2n1CCC1CCOC1. The zero-order chi connectivity index (χ0) is 13.1. The van der Waals surface area contributed by atoms with Crippen LogP contribution in [0.25, 0.3) is 11.0 Å². The molecule has 5 heteroatoms. The summed E-state index contributed by atoms with van der Waals surface area (Å²) in [6, 6.07) is 2.03. The lowest BCUT2D eigenvalue weighted by Crippen LogP contribution is -2.09. The Balaban J connectivity index is 1.84. The van der Waals surface area contributed by atoms with Gasteiger partial charge in [-0.2, -0.15) is 0 Å². The highest BCUT2D eigenvalue weighted by Crippen LogP contribution is 2.21. The van der Waals surface area contributed by atoms with Crippen molar-refractivity contribution in [2.45, 2.75) is 25.8 Å². The molecule has 1 atom stereocenters. The van der Waals surface area contributed by atoms with Crippen LogP contribution in [0.15, 0.2) is 18.5 Å². The van der Waals surface area contributed by atoms with Gasteiger partial charge < -0.3 is 9.30 Å². The van der Waals surface area contributed by atoms with Gasteiger partial charge in [0.2, 0.25) is 0 Å². The molecule has 2 aromatic rings. The van der Waals surface area contributed by atoms with Crippen LogP contribution in [0, 0.1) is 5.92 Å². The molecule has 0 bridgehead atoms. The van der Waals surface area contributed by atoms with E-state index >= 15 is 0 Å². The summed E-state index contributed by atoms with van der Waals surface area (Å²) in [5.41, 5.74) is 2.12. The molecule has 4 nitrogen and oxygen atoms in total. The molecular weight excluding hydrogens is 262 g/mol. The maximum Gasteiger partial charge on any atom is 0.111 e. The van der Waals surface area contributed by atoms with Gasteiger partial charge in [0.15, 0.2) is 0 Å². The van der Waals surface area contributed by atoms with Gasteiger partial charge in [-0.05, 0) is 24.8 Å². The van der Waals surface area contributed by atoms with Crippen molar-refractivity contribution in [2.75, 3.05) is 19.1 Å². The van der Waals surface area contributed by atoms with Crippen molar-refractivity contribution in [1.82, 2.24) is 14.5 Å². The number of pyridine rings is 1. The van der Waals surface area contributed by atoms with E-state index < -0.39 is 0 Å². The Labute approximate surface area is 117 Å². The zero-order valence-electron chi connectivity index (χ0n) is 10.9. The standard InChI is InChI=1S/C14H18ClN3O/c15-5-1-14-17-12-9-16-6-2-13(12)18(14)7-3-11-4-8-19-10-11/h2,6,9,11H,1,3-5,7-8,10H2. The Morgan fingerprint density at radius 1 is 1.47 bits per heavy atom. The number of hydrogen-bond donors (Lipinski definition) is 0. The average molecular weight is 280 g/mol. The van der Waals surface area contributed by atoms with Crippen molar-refractivity contribution in [2.24, 2.45) is 5.92 Å². The second kappa shape index (κ2) is 5.88. The number of halogens is 1. The number of alkyl halides is 1. The highest BCUT2D eigenvalue weighted by atomic mass is 35.5. The Morgan fingerprint density at radius 3 is 3.21 bits per heavy atom. The number of aromatic nitrogens is 3. The molecule has 3 heterocycles. The summed E-state index contributed by atoms with van der Waals surface area (Å²) in [5.74, 6) is 2.35. The second-order valence-electron chi connectivity index (χ2n) is 5.00. The van der Waals surface area contributed by atoms with Crippen molar-refractivity contribution in [3.8, 4) is 0 Å². The minimum absolute atomic E-state index is 0.600. The van der Waals surface area contributed by atoms with E-state index in [2.05, 4.69) is 14.5 Å². The molecule has 0 radical (unpaired) electrons. The molecular formula is C14H18ClN3O. The molecule has 1 aliphatic heterocycles. The van der Waals surface area contributed by atoms with Crippen molar-refractivity contribution in [3.63, 3.8) is 0 Å². The smallest absolute Gasteiger partial charge is 0.111 e. The van der Waals surface area contributed by atoms with E-state index in [9.17, 15) is 0 Å². The van der Waals surface area contributed by atoms with Crippen LogP contribution >= 0.6 is 11.6 Å². The van der Waals surface area contributed by atoms with Gasteiger partial charge in [0.05, 0.1) is 11.7 Å². The maximum atomic E-state index is 5.87. The number of nitrogens with zero attached hydrogens (tertiary/aromatic N) is 3. The second-order valence-corrected chi connectivity index (χ2v) is 5.38. The van der Waals surface area contributed by atoms with Crippen LogP contribution in [0.4, 0.5) is 0 Å². The van der Waals surface area contributed by atoms with E-state index in [1.54, 1.807) is 0 Å². The number of ether oxygens (including phenoxy) is 1. The Bertz CT molecular complexity index is 549. The van der Waals surface area contributed by atoms with E-state index in [1.165, 1.54) is 6.42 Å². The van der Waals surface area contributed by atoms with E-state index in [0.717, 1.165) is 49.5 Å². The molecule has 0 amide bonds. The first-order chi connectivity index (χ1) is 9.38. The van der Waals surface area contributed by atoms with Gasteiger partial charge in [-0.15, -0.1) is 11.6 Å². The van der Waals surface area contributed by atoms with Gasteiger partial charge in [0.25, 0.3) is 0 Å². The van der Waals surface area contributed by atoms with Crippen molar-refractivity contribution < 1.29 is 4.74 Å². The summed E-state index contributed by atoms with van der Waals surface area (Å²) < 4.78 is 7.73. The zero-order valence-corrected chi connectivity index (χ0v) is 11.6. The first-order valence-electron chi connectivity index (χ1n) is 6.81. The van der Waals surface area contributed by atoms with Crippen LogP contribution in [-0.2, 0) is 17.7 Å². The number of rotatable bonds is 5. The van der Waals surface area contributed by atoms with Crippen molar-refractivity contribution >= 4 is 22.6 Å². The molecule has 0 spiro atoms. The van der Waals surface area contributed by atoms with Gasteiger partial charge in [-0.1, -0.05) is 0 Å². The van der Waals surface area contributed by atoms with Crippen molar-refractivity contribution in [3.05, 3.63) is 24.3 Å². The highest BCUT2D eigenvalue weighted by molar-refractivity contribution is 6.17. The quantitative estimate of drug-likeness (QED) is 0.790. The number of fused-ring (bicyclic) bond motifs is 1. The van der Waals surface area contributed by atoms with Crippen LogP contribution in [0.5, 0.6) is 0 Å². The van der Waals surface area contributed by atoms with E-state index in [4.69, 9.17) is 16.3 Å². The Kier molecular flexibility index (Phi) is 3.99. The van der Waals surface area contributed by atoms with Crippen LogP contribution in [0.3, 0.4) is 0 Å². The molecule has 0 N–H and O–H groups in total. The molecule has 2 aromatic heterocycles. The predicted molar refractivity (Wildman–Crippen MR) is 75.5 cm³/mol.